The highest BCUT2D eigenvalue weighted by molar-refractivity contribution is 7.20. The number of carbonyl (C=O) groups excluding carboxylic acids is 2. The Balaban J connectivity index is 1.57. The Hall–Kier alpha value is -2.91. The van der Waals surface area contributed by atoms with E-state index in [4.69, 9.17) is 9.47 Å². The quantitative estimate of drug-likeness (QED) is 0.718. The van der Waals surface area contributed by atoms with E-state index >= 15 is 0 Å². The molecule has 4 rings (SSSR count). The van der Waals surface area contributed by atoms with Gasteiger partial charge in [-0.1, -0.05) is 12.1 Å². The molecule has 3 aromatic rings. The molecule has 0 unspecified atom stereocenters. The average molecular weight is 386 g/mol. The van der Waals surface area contributed by atoms with E-state index < -0.39 is 0 Å². The molecule has 1 fully saturated rings. The minimum absolute atomic E-state index is 0.0386. The monoisotopic (exact) mass is 386 g/mol. The van der Waals surface area contributed by atoms with Crippen LogP contribution in [0.4, 0.5) is 5.82 Å². The SMILES string of the molecule is COc1ccccc1C(=O)Nc1[nH]nc2sc(C(=O)N3CCOCC3)cc12. The van der Waals surface area contributed by atoms with Gasteiger partial charge in [-0.25, -0.2) is 0 Å². The highest BCUT2D eigenvalue weighted by Crippen LogP contribution is 2.31. The van der Waals surface area contributed by atoms with Crippen molar-refractivity contribution in [2.45, 2.75) is 0 Å². The molecule has 2 N–H and O–H groups in total. The lowest BCUT2D eigenvalue weighted by atomic mass is 10.2. The highest BCUT2D eigenvalue weighted by Gasteiger charge is 2.23. The Bertz CT molecular complexity index is 990. The van der Waals surface area contributed by atoms with Crippen LogP contribution in [0.5, 0.6) is 5.75 Å². The topological polar surface area (TPSA) is 96.5 Å². The predicted molar refractivity (Wildman–Crippen MR) is 102 cm³/mol. The van der Waals surface area contributed by atoms with E-state index in [0.29, 0.717) is 58.5 Å². The van der Waals surface area contributed by atoms with Crippen LogP contribution >= 0.6 is 11.3 Å². The van der Waals surface area contributed by atoms with Crippen LogP contribution in [0, 0.1) is 0 Å². The van der Waals surface area contributed by atoms with Crippen LogP contribution in [0.15, 0.2) is 30.3 Å². The molecule has 1 aliphatic rings. The maximum absolute atomic E-state index is 12.6. The molecule has 2 amide bonds. The molecular weight excluding hydrogens is 368 g/mol. The van der Waals surface area contributed by atoms with Gasteiger partial charge in [-0.3, -0.25) is 14.7 Å². The first-order valence-electron chi connectivity index (χ1n) is 8.46. The van der Waals surface area contributed by atoms with Crippen LogP contribution in [0.1, 0.15) is 20.0 Å². The first kappa shape index (κ1) is 17.5. The van der Waals surface area contributed by atoms with Crippen LogP contribution in [-0.4, -0.2) is 60.3 Å². The van der Waals surface area contributed by atoms with E-state index in [1.165, 1.54) is 18.4 Å². The molecule has 1 aromatic carbocycles. The van der Waals surface area contributed by atoms with Crippen molar-refractivity contribution in [3.63, 3.8) is 0 Å². The number of hydrogen-bond acceptors (Lipinski definition) is 6. The number of ether oxygens (including phenoxy) is 2. The van der Waals surface area contributed by atoms with E-state index in [1.54, 1.807) is 35.2 Å². The van der Waals surface area contributed by atoms with Gasteiger partial charge < -0.3 is 19.7 Å². The fraction of sp³-hybridized carbons (Fsp3) is 0.278. The highest BCUT2D eigenvalue weighted by atomic mass is 32.1. The van der Waals surface area contributed by atoms with Gasteiger partial charge >= 0.3 is 0 Å². The number of aromatic amines is 1. The van der Waals surface area contributed by atoms with E-state index in [0.717, 1.165) is 0 Å². The van der Waals surface area contributed by atoms with Crippen LogP contribution in [0.25, 0.3) is 10.2 Å². The van der Waals surface area contributed by atoms with Crippen LogP contribution < -0.4 is 10.1 Å². The van der Waals surface area contributed by atoms with Crippen LogP contribution in [0.2, 0.25) is 0 Å². The zero-order valence-electron chi connectivity index (χ0n) is 14.7. The van der Waals surface area contributed by atoms with Crippen LogP contribution in [0.3, 0.4) is 0 Å². The zero-order valence-corrected chi connectivity index (χ0v) is 15.5. The van der Waals surface area contributed by atoms with Crippen molar-refractivity contribution in [3.8, 4) is 5.75 Å². The molecule has 1 aliphatic heterocycles. The summed E-state index contributed by atoms with van der Waals surface area (Å²) < 4.78 is 10.5. The number of methoxy groups -OCH3 is 1. The number of rotatable bonds is 4. The first-order chi connectivity index (χ1) is 13.2. The van der Waals surface area contributed by atoms with E-state index in [1.807, 2.05) is 0 Å². The number of fused-ring (bicyclic) bond motifs is 1. The number of morpholine rings is 1. The predicted octanol–water partition coefficient (Wildman–Crippen LogP) is 2.36. The number of nitrogens with one attached hydrogen (secondary N) is 2. The smallest absolute Gasteiger partial charge is 0.264 e. The molecule has 0 spiro atoms. The normalized spacial score (nSPS) is 14.3. The van der Waals surface area contributed by atoms with Crippen molar-refractivity contribution in [2.75, 3.05) is 38.7 Å². The van der Waals surface area contributed by atoms with Gasteiger partial charge in [0.25, 0.3) is 11.8 Å². The van der Waals surface area contributed by atoms with Gasteiger partial charge in [0, 0.05) is 13.1 Å². The Kier molecular flexibility index (Phi) is 4.78. The van der Waals surface area contributed by atoms with Gasteiger partial charge in [0.05, 0.1) is 36.2 Å². The largest absolute Gasteiger partial charge is 0.496 e. The van der Waals surface area contributed by atoms with Crippen LogP contribution in [-0.2, 0) is 4.74 Å². The maximum atomic E-state index is 12.6. The number of benzene rings is 1. The number of hydrogen-bond donors (Lipinski definition) is 2. The molecule has 1 saturated heterocycles. The molecule has 140 valence electrons. The van der Waals surface area contributed by atoms with Gasteiger partial charge in [-0.15, -0.1) is 11.3 Å². The van der Waals surface area contributed by atoms with E-state index in [9.17, 15) is 9.59 Å². The Labute approximate surface area is 159 Å². The molecule has 0 aliphatic carbocycles. The molecule has 8 nitrogen and oxygen atoms in total. The minimum Gasteiger partial charge on any atom is -0.496 e. The molecule has 2 aromatic heterocycles. The molecular formula is C18H18N4O4S. The number of amides is 2. The Morgan fingerprint density at radius 2 is 2.07 bits per heavy atom. The Morgan fingerprint density at radius 3 is 2.85 bits per heavy atom. The number of thiophene rings is 1. The maximum Gasteiger partial charge on any atom is 0.264 e. The van der Waals surface area contributed by atoms with Gasteiger partial charge in [0.1, 0.15) is 16.4 Å². The molecule has 0 radical (unpaired) electrons. The van der Waals surface area contributed by atoms with Crippen molar-refractivity contribution >= 4 is 39.2 Å². The van der Waals surface area contributed by atoms with Gasteiger partial charge in [0.2, 0.25) is 0 Å². The third-order valence-electron chi connectivity index (χ3n) is 4.35. The number of H-pyrrole nitrogens is 1. The summed E-state index contributed by atoms with van der Waals surface area (Å²) in [6.07, 6.45) is 0. The molecule has 27 heavy (non-hydrogen) atoms. The fourth-order valence-electron chi connectivity index (χ4n) is 2.95. The molecule has 0 bridgehead atoms. The van der Waals surface area contributed by atoms with Gasteiger partial charge in [-0.05, 0) is 18.2 Å². The summed E-state index contributed by atoms with van der Waals surface area (Å²) >= 11 is 1.30. The number of para-hydroxylation sites is 1. The Morgan fingerprint density at radius 1 is 1.30 bits per heavy atom. The number of nitrogens with zero attached hydrogens (tertiary/aromatic N) is 2. The summed E-state index contributed by atoms with van der Waals surface area (Å²) in [4.78, 5) is 28.3. The zero-order chi connectivity index (χ0) is 18.8. The second-order valence-corrected chi connectivity index (χ2v) is 7.02. The summed E-state index contributed by atoms with van der Waals surface area (Å²) in [5.41, 5.74) is 0.419. The summed E-state index contributed by atoms with van der Waals surface area (Å²) in [7, 11) is 1.52. The first-order valence-corrected chi connectivity index (χ1v) is 9.28. The van der Waals surface area contributed by atoms with Gasteiger partial charge in [-0.2, -0.15) is 5.10 Å². The molecule has 3 heterocycles. The number of anilines is 1. The standard InChI is InChI=1S/C18H18N4O4S/c1-25-13-5-3-2-4-11(13)16(23)19-15-12-10-14(27-17(12)21-20-15)18(24)22-6-8-26-9-7-22/h2-5,10H,6-9H2,1H3,(H2,19,20,21,23). The average Bonchev–Trinajstić information content (AvgIpc) is 3.30. The summed E-state index contributed by atoms with van der Waals surface area (Å²) in [5, 5.41) is 10.5. The molecule has 0 saturated carbocycles. The third-order valence-corrected chi connectivity index (χ3v) is 5.37. The number of carbonyl (C=O) groups is 2. The summed E-state index contributed by atoms with van der Waals surface area (Å²) in [5.74, 6) is 0.589. The second-order valence-electron chi connectivity index (χ2n) is 5.99. The van der Waals surface area contributed by atoms with Crippen molar-refractivity contribution in [3.05, 3.63) is 40.8 Å². The summed E-state index contributed by atoms with van der Waals surface area (Å²) in [6, 6.07) is 8.74. The lowest BCUT2D eigenvalue weighted by molar-refractivity contribution is 0.0306. The van der Waals surface area contributed by atoms with E-state index in [-0.39, 0.29) is 11.8 Å². The summed E-state index contributed by atoms with van der Waals surface area (Å²) in [6.45, 7) is 2.26. The van der Waals surface area contributed by atoms with Gasteiger partial charge in [0.15, 0.2) is 0 Å². The lowest BCUT2D eigenvalue weighted by Gasteiger charge is -2.26. The molecule has 9 heteroatoms. The second kappa shape index (κ2) is 7.37. The van der Waals surface area contributed by atoms with Crippen molar-refractivity contribution in [2.24, 2.45) is 0 Å². The number of aromatic nitrogens is 2. The van der Waals surface area contributed by atoms with E-state index in [2.05, 4.69) is 15.5 Å². The lowest BCUT2D eigenvalue weighted by Crippen LogP contribution is -2.40. The van der Waals surface area contributed by atoms with Crippen molar-refractivity contribution < 1.29 is 19.1 Å². The fourth-order valence-corrected chi connectivity index (χ4v) is 3.91. The third kappa shape index (κ3) is 3.38. The minimum atomic E-state index is -0.315. The van der Waals surface area contributed by atoms with Crippen molar-refractivity contribution in [1.82, 2.24) is 15.1 Å². The molecule has 0 atom stereocenters. The van der Waals surface area contributed by atoms with Crippen molar-refractivity contribution in [1.29, 1.82) is 0 Å².